The van der Waals surface area contributed by atoms with E-state index in [1.165, 1.54) is 302 Å². The van der Waals surface area contributed by atoms with Crippen LogP contribution < -0.4 is 0 Å². The lowest BCUT2D eigenvalue weighted by Gasteiger charge is -2.15. The quantitative estimate of drug-likeness (QED) is 0.0373. The van der Waals surface area contributed by atoms with E-state index in [1.807, 2.05) is 0 Å². The van der Waals surface area contributed by atoms with Gasteiger partial charge in [-0.25, -0.2) is 0 Å². The Morgan fingerprint density at radius 3 is 0.688 bits per heavy atom. The zero-order chi connectivity index (χ0) is 69.0. The van der Waals surface area contributed by atoms with Crippen LogP contribution in [0.15, 0.2) is 122 Å². The van der Waals surface area contributed by atoms with Crippen LogP contribution in [0.2, 0.25) is 0 Å². The largest absolute Gasteiger partial charge is 0.462 e. The molecular weight excluding hydrogens is 1170 g/mol. The van der Waals surface area contributed by atoms with Gasteiger partial charge in [-0.3, -0.25) is 9.59 Å². The van der Waals surface area contributed by atoms with Gasteiger partial charge in [0.15, 0.2) is 6.10 Å². The highest BCUT2D eigenvalue weighted by Crippen LogP contribution is 2.19. The third-order valence-corrected chi connectivity index (χ3v) is 18.7. The van der Waals surface area contributed by atoms with Crippen molar-refractivity contribution >= 4 is 11.9 Å². The summed E-state index contributed by atoms with van der Waals surface area (Å²) < 4.78 is 10.8. The first kappa shape index (κ1) is 92.3. The number of rotatable bonds is 78. The molecule has 0 bridgehead atoms. The number of carbonyl (C=O) groups is 2. The summed E-state index contributed by atoms with van der Waals surface area (Å²) >= 11 is 0. The molecule has 0 aliphatic rings. The van der Waals surface area contributed by atoms with E-state index in [1.54, 1.807) is 0 Å². The fourth-order valence-corrected chi connectivity index (χ4v) is 12.5. The molecule has 0 aliphatic carbocycles. The van der Waals surface area contributed by atoms with Gasteiger partial charge in [-0.1, -0.05) is 424 Å². The maximum absolute atomic E-state index is 12.4. The SMILES string of the molecule is CC/C=C\C/C=C\C/C=C\C/C=C\C/C=C\C/C=C\C/C=C\C/C=C\C/C=C\CCCCCCCCCCCCCCCC(=O)OC(CO)COC(=O)CCCCCCCCCCCCCCCCCCCCCCCCCCCCCCC/C=C\CCCCCCCCCC. The number of allylic oxidation sites excluding steroid dienone is 20. The molecule has 0 aromatic carbocycles. The number of ether oxygens (including phenoxy) is 2. The third kappa shape index (κ3) is 82.7. The normalized spacial score (nSPS) is 12.8. The predicted octanol–water partition coefficient (Wildman–Crippen LogP) is 30.0. The summed E-state index contributed by atoms with van der Waals surface area (Å²) in [4.78, 5) is 24.7. The molecule has 0 spiro atoms. The van der Waals surface area contributed by atoms with Crippen molar-refractivity contribution in [1.29, 1.82) is 0 Å². The van der Waals surface area contributed by atoms with Gasteiger partial charge in [0.2, 0.25) is 0 Å². The van der Waals surface area contributed by atoms with E-state index < -0.39 is 6.10 Å². The van der Waals surface area contributed by atoms with Crippen molar-refractivity contribution in [1.82, 2.24) is 0 Å². The van der Waals surface area contributed by atoms with E-state index in [4.69, 9.17) is 9.47 Å². The Bertz CT molecular complexity index is 1860. The lowest BCUT2D eigenvalue weighted by atomic mass is 10.0. The molecule has 5 heteroatoms. The van der Waals surface area contributed by atoms with Crippen molar-refractivity contribution in [3.63, 3.8) is 0 Å². The Labute approximate surface area is 598 Å². The Kier molecular flexibility index (Phi) is 82.2. The molecular formula is C91H160O5. The van der Waals surface area contributed by atoms with Gasteiger partial charge in [0.25, 0.3) is 0 Å². The Balaban J connectivity index is 3.43. The molecule has 0 aromatic heterocycles. The minimum Gasteiger partial charge on any atom is -0.462 e. The molecule has 0 fully saturated rings. The lowest BCUT2D eigenvalue weighted by molar-refractivity contribution is -0.161. The first-order chi connectivity index (χ1) is 47.6. The monoisotopic (exact) mass is 1330 g/mol. The molecule has 0 heterocycles. The van der Waals surface area contributed by atoms with Gasteiger partial charge in [0.05, 0.1) is 6.61 Å². The zero-order valence-electron chi connectivity index (χ0n) is 63.9. The first-order valence-electron chi connectivity index (χ1n) is 42.1. The molecule has 1 N–H and O–H groups in total. The second kappa shape index (κ2) is 85.5. The molecule has 5 nitrogen and oxygen atoms in total. The molecule has 0 aromatic rings. The highest BCUT2D eigenvalue weighted by molar-refractivity contribution is 5.70. The average molecular weight is 1330 g/mol. The predicted molar refractivity (Wildman–Crippen MR) is 426 cm³/mol. The van der Waals surface area contributed by atoms with E-state index >= 15 is 0 Å². The lowest BCUT2D eigenvalue weighted by Crippen LogP contribution is -2.28. The Morgan fingerprint density at radius 1 is 0.250 bits per heavy atom. The summed E-state index contributed by atoms with van der Waals surface area (Å²) in [5, 5.41) is 9.74. The minimum absolute atomic E-state index is 0.0660. The van der Waals surface area contributed by atoms with Gasteiger partial charge in [-0.05, 0) is 109 Å². The van der Waals surface area contributed by atoms with E-state index in [9.17, 15) is 14.7 Å². The van der Waals surface area contributed by atoms with Gasteiger partial charge in [0.1, 0.15) is 6.61 Å². The summed E-state index contributed by atoms with van der Waals surface area (Å²) in [7, 11) is 0. The van der Waals surface area contributed by atoms with E-state index in [0.29, 0.717) is 12.8 Å². The van der Waals surface area contributed by atoms with Crippen molar-refractivity contribution in [2.75, 3.05) is 13.2 Å². The third-order valence-electron chi connectivity index (χ3n) is 18.7. The standard InChI is InChI=1S/C91H160O5/c1-3-5-7-9-11-13-15-17-19-21-23-25-27-29-31-33-35-37-39-41-43-45-47-49-51-53-55-57-59-61-63-65-67-69-71-73-75-77-79-81-83-85-90(93)95-88-89(87-92)96-91(94)86-84-82-80-78-76-74-72-70-68-66-64-62-60-58-56-54-52-50-48-46-44-42-40-38-36-34-32-30-28-26-24-22-20-18-16-14-12-10-8-6-4-2/h6,8,12,14,18,20-21,23-24,26,30,32,36,38,42,44,48,50,54,56,89,92H,3-5,7,9-11,13,15-17,19,22,25,27-29,31,33-35,37,39-41,43,45-47,49,51-53,55,57-88H2,1-2H3/b8-6-,14-12-,20-18-,23-21-,26-24-,32-30-,38-36-,44-42-,50-48-,56-54-. The summed E-state index contributed by atoms with van der Waals surface area (Å²) in [6, 6.07) is 0. The molecule has 1 atom stereocenters. The molecule has 554 valence electrons. The van der Waals surface area contributed by atoms with Gasteiger partial charge in [-0.15, -0.1) is 0 Å². The van der Waals surface area contributed by atoms with Crippen molar-refractivity contribution in [3.8, 4) is 0 Å². The van der Waals surface area contributed by atoms with Gasteiger partial charge in [0, 0.05) is 12.8 Å². The number of unbranched alkanes of at least 4 members (excludes halogenated alkanes) is 50. The van der Waals surface area contributed by atoms with Crippen LogP contribution in [0.4, 0.5) is 0 Å². The molecule has 1 unspecified atom stereocenters. The topological polar surface area (TPSA) is 72.8 Å². The molecule has 0 rings (SSSR count). The van der Waals surface area contributed by atoms with Crippen LogP contribution in [-0.2, 0) is 19.1 Å². The number of hydrogen-bond acceptors (Lipinski definition) is 5. The van der Waals surface area contributed by atoms with Crippen LogP contribution >= 0.6 is 0 Å². The summed E-state index contributed by atoms with van der Waals surface area (Å²) in [6.45, 7) is 4.07. The Morgan fingerprint density at radius 2 is 0.448 bits per heavy atom. The second-order valence-corrected chi connectivity index (χ2v) is 28.2. The van der Waals surface area contributed by atoms with Crippen LogP contribution in [0, 0.1) is 0 Å². The first-order valence-corrected chi connectivity index (χ1v) is 42.1. The molecule has 96 heavy (non-hydrogen) atoms. The number of esters is 2. The minimum atomic E-state index is -0.779. The van der Waals surface area contributed by atoms with Gasteiger partial charge >= 0.3 is 11.9 Å². The smallest absolute Gasteiger partial charge is 0.306 e. The highest BCUT2D eigenvalue weighted by Gasteiger charge is 2.16. The fourth-order valence-electron chi connectivity index (χ4n) is 12.5. The Hall–Kier alpha value is -3.70. The highest BCUT2D eigenvalue weighted by atomic mass is 16.6. The van der Waals surface area contributed by atoms with Crippen LogP contribution in [-0.4, -0.2) is 36.4 Å². The number of hydrogen-bond donors (Lipinski definition) is 1. The van der Waals surface area contributed by atoms with Crippen LogP contribution in [0.1, 0.15) is 425 Å². The van der Waals surface area contributed by atoms with E-state index in [0.717, 1.165) is 96.3 Å². The van der Waals surface area contributed by atoms with Crippen molar-refractivity contribution in [3.05, 3.63) is 122 Å². The van der Waals surface area contributed by atoms with E-state index in [2.05, 4.69) is 135 Å². The summed E-state index contributed by atoms with van der Waals surface area (Å²) in [5.41, 5.74) is 0. The fraction of sp³-hybridized carbons (Fsp3) is 0.758. The zero-order valence-corrected chi connectivity index (χ0v) is 63.9. The van der Waals surface area contributed by atoms with Gasteiger partial charge in [-0.2, -0.15) is 0 Å². The molecule has 0 aliphatic heterocycles. The average Bonchev–Trinajstić information content (AvgIpc) is 3.79. The van der Waals surface area contributed by atoms with Crippen molar-refractivity contribution < 1.29 is 24.2 Å². The number of aliphatic hydroxyl groups excluding tert-OH is 1. The maximum Gasteiger partial charge on any atom is 0.306 e. The van der Waals surface area contributed by atoms with E-state index in [-0.39, 0.29) is 25.2 Å². The van der Waals surface area contributed by atoms with Crippen LogP contribution in [0.25, 0.3) is 0 Å². The molecule has 0 radical (unpaired) electrons. The number of aliphatic hydroxyl groups is 1. The summed E-state index contributed by atoms with van der Waals surface area (Å²) in [6.07, 6.45) is 126. The van der Waals surface area contributed by atoms with Crippen molar-refractivity contribution in [2.24, 2.45) is 0 Å². The molecule has 0 saturated carbocycles. The van der Waals surface area contributed by atoms with Gasteiger partial charge < -0.3 is 14.6 Å². The molecule has 0 saturated heterocycles. The van der Waals surface area contributed by atoms with Crippen LogP contribution in [0.3, 0.4) is 0 Å². The maximum atomic E-state index is 12.4. The van der Waals surface area contributed by atoms with Crippen molar-refractivity contribution in [2.45, 2.75) is 431 Å². The number of carbonyl (C=O) groups excluding carboxylic acids is 2. The summed E-state index contributed by atoms with van der Waals surface area (Å²) in [5.74, 6) is -0.577. The van der Waals surface area contributed by atoms with Crippen LogP contribution in [0.5, 0.6) is 0 Å². The second-order valence-electron chi connectivity index (χ2n) is 28.2. The molecule has 0 amide bonds.